The number of carbonyl (C=O) groups is 1. The Bertz CT molecular complexity index is 202. The van der Waals surface area contributed by atoms with Crippen molar-refractivity contribution in [2.45, 2.75) is 58.3 Å². The lowest BCUT2D eigenvalue weighted by Gasteiger charge is -1.99. The zero-order valence-electron chi connectivity index (χ0n) is 11.1. The van der Waals surface area contributed by atoms with Crippen molar-refractivity contribution in [3.63, 3.8) is 0 Å². The minimum Gasteiger partial charge on any atom is -0.395 e. The standard InChI is InChI=1S/C14H27NO2/c1-2-3-4-5-6-7-8-9-10-11-14(17)15-12-13-16/h10-11,16H,2-9,12-13H2,1H3,(H,15,17). The third-order valence-electron chi connectivity index (χ3n) is 2.65. The van der Waals surface area contributed by atoms with Gasteiger partial charge in [-0.25, -0.2) is 0 Å². The van der Waals surface area contributed by atoms with Crippen LogP contribution in [0.15, 0.2) is 12.2 Å². The van der Waals surface area contributed by atoms with Crippen molar-refractivity contribution in [2.75, 3.05) is 13.2 Å². The first-order valence-electron chi connectivity index (χ1n) is 6.86. The maximum absolute atomic E-state index is 11.1. The summed E-state index contributed by atoms with van der Waals surface area (Å²) >= 11 is 0. The fourth-order valence-electron chi connectivity index (χ4n) is 1.65. The third kappa shape index (κ3) is 13.1. The van der Waals surface area contributed by atoms with E-state index in [2.05, 4.69) is 12.2 Å². The Labute approximate surface area is 105 Å². The highest BCUT2D eigenvalue weighted by Crippen LogP contribution is 2.08. The number of hydrogen-bond acceptors (Lipinski definition) is 2. The van der Waals surface area contributed by atoms with Crippen LogP contribution in [0.1, 0.15) is 58.3 Å². The normalized spacial score (nSPS) is 10.9. The molecule has 0 heterocycles. The van der Waals surface area contributed by atoms with Gasteiger partial charge in [-0.2, -0.15) is 0 Å². The SMILES string of the molecule is CCCCCCCCCC=CC(=O)NCCO. The predicted molar refractivity (Wildman–Crippen MR) is 71.8 cm³/mol. The number of rotatable bonds is 11. The molecule has 0 saturated heterocycles. The lowest BCUT2D eigenvalue weighted by Crippen LogP contribution is -2.24. The van der Waals surface area contributed by atoms with Crippen LogP contribution in [-0.4, -0.2) is 24.2 Å². The van der Waals surface area contributed by atoms with Crippen LogP contribution in [0.25, 0.3) is 0 Å². The molecule has 0 unspecified atom stereocenters. The van der Waals surface area contributed by atoms with E-state index in [0.717, 1.165) is 12.8 Å². The van der Waals surface area contributed by atoms with Crippen LogP contribution in [0.3, 0.4) is 0 Å². The molecule has 0 aromatic rings. The second kappa shape index (κ2) is 13.2. The highest BCUT2D eigenvalue weighted by atomic mass is 16.3. The smallest absolute Gasteiger partial charge is 0.243 e. The average Bonchev–Trinajstić information content (AvgIpc) is 2.34. The first-order chi connectivity index (χ1) is 8.31. The molecule has 0 bridgehead atoms. The van der Waals surface area contributed by atoms with Crippen molar-refractivity contribution in [3.05, 3.63) is 12.2 Å². The molecule has 100 valence electrons. The van der Waals surface area contributed by atoms with Gasteiger partial charge in [0.15, 0.2) is 0 Å². The van der Waals surface area contributed by atoms with Gasteiger partial charge in [0.05, 0.1) is 6.61 Å². The zero-order valence-corrected chi connectivity index (χ0v) is 11.1. The van der Waals surface area contributed by atoms with E-state index in [1.165, 1.54) is 38.5 Å². The van der Waals surface area contributed by atoms with E-state index in [1.807, 2.05) is 6.08 Å². The van der Waals surface area contributed by atoms with Crippen LogP contribution in [0.2, 0.25) is 0 Å². The van der Waals surface area contributed by atoms with Gasteiger partial charge in [0.2, 0.25) is 5.91 Å². The van der Waals surface area contributed by atoms with E-state index in [0.29, 0.717) is 6.54 Å². The minimum absolute atomic E-state index is 0.00264. The quantitative estimate of drug-likeness (QED) is 0.431. The molecule has 0 aliphatic rings. The fourth-order valence-corrected chi connectivity index (χ4v) is 1.65. The Morgan fingerprint density at radius 3 is 2.41 bits per heavy atom. The first kappa shape index (κ1) is 16.2. The Hall–Kier alpha value is -0.830. The van der Waals surface area contributed by atoms with Crippen molar-refractivity contribution in [3.8, 4) is 0 Å². The van der Waals surface area contributed by atoms with Gasteiger partial charge in [0.25, 0.3) is 0 Å². The van der Waals surface area contributed by atoms with Crippen molar-refractivity contribution in [1.82, 2.24) is 5.32 Å². The molecule has 2 N–H and O–H groups in total. The number of nitrogens with one attached hydrogen (secondary N) is 1. The molecule has 17 heavy (non-hydrogen) atoms. The van der Waals surface area contributed by atoms with E-state index < -0.39 is 0 Å². The molecule has 0 aromatic heterocycles. The summed E-state index contributed by atoms with van der Waals surface area (Å²) in [5, 5.41) is 11.1. The molecule has 0 aliphatic heterocycles. The predicted octanol–water partition coefficient (Wildman–Crippen LogP) is 2.79. The van der Waals surface area contributed by atoms with E-state index in [-0.39, 0.29) is 12.5 Å². The molecule has 0 saturated carbocycles. The van der Waals surface area contributed by atoms with E-state index >= 15 is 0 Å². The number of amides is 1. The molecular formula is C14H27NO2. The molecule has 0 aromatic carbocycles. The van der Waals surface area contributed by atoms with Gasteiger partial charge in [-0.1, -0.05) is 51.5 Å². The van der Waals surface area contributed by atoms with E-state index in [9.17, 15) is 4.79 Å². The Kier molecular flexibility index (Phi) is 12.6. The van der Waals surface area contributed by atoms with Crippen molar-refractivity contribution < 1.29 is 9.90 Å². The molecule has 0 rings (SSSR count). The number of unbranched alkanes of at least 4 members (excludes halogenated alkanes) is 7. The molecule has 0 fully saturated rings. The number of carbonyl (C=O) groups excluding carboxylic acids is 1. The van der Waals surface area contributed by atoms with Crippen LogP contribution in [0.5, 0.6) is 0 Å². The summed E-state index contributed by atoms with van der Waals surface area (Å²) in [6.45, 7) is 2.56. The fraction of sp³-hybridized carbons (Fsp3) is 0.786. The average molecular weight is 241 g/mol. The van der Waals surface area contributed by atoms with Crippen molar-refractivity contribution in [1.29, 1.82) is 0 Å². The van der Waals surface area contributed by atoms with Crippen molar-refractivity contribution >= 4 is 5.91 Å². The van der Waals surface area contributed by atoms with Crippen molar-refractivity contribution in [2.24, 2.45) is 0 Å². The summed E-state index contributed by atoms with van der Waals surface area (Å²) in [5.41, 5.74) is 0. The van der Waals surface area contributed by atoms with Gasteiger partial charge in [0.1, 0.15) is 0 Å². The number of aliphatic hydroxyl groups excluding tert-OH is 1. The lowest BCUT2D eigenvalue weighted by atomic mass is 10.1. The van der Waals surface area contributed by atoms with E-state index in [1.54, 1.807) is 6.08 Å². The summed E-state index contributed by atoms with van der Waals surface area (Å²) < 4.78 is 0. The Morgan fingerprint density at radius 1 is 1.12 bits per heavy atom. The lowest BCUT2D eigenvalue weighted by molar-refractivity contribution is -0.116. The maximum atomic E-state index is 11.1. The summed E-state index contributed by atoms with van der Waals surface area (Å²) in [4.78, 5) is 11.1. The maximum Gasteiger partial charge on any atom is 0.243 e. The summed E-state index contributed by atoms with van der Waals surface area (Å²) in [7, 11) is 0. The van der Waals surface area contributed by atoms with Crippen LogP contribution in [0, 0.1) is 0 Å². The second-order valence-electron chi connectivity index (χ2n) is 4.33. The van der Waals surface area contributed by atoms with Gasteiger partial charge in [-0.3, -0.25) is 4.79 Å². The second-order valence-corrected chi connectivity index (χ2v) is 4.33. The summed E-state index contributed by atoms with van der Waals surface area (Å²) in [6, 6.07) is 0. The van der Waals surface area contributed by atoms with Gasteiger partial charge < -0.3 is 10.4 Å². The number of aliphatic hydroxyl groups is 1. The van der Waals surface area contributed by atoms with Crippen LogP contribution in [0.4, 0.5) is 0 Å². The monoisotopic (exact) mass is 241 g/mol. The van der Waals surface area contributed by atoms with Gasteiger partial charge in [0, 0.05) is 6.54 Å². The third-order valence-corrected chi connectivity index (χ3v) is 2.65. The molecule has 0 radical (unpaired) electrons. The molecular weight excluding hydrogens is 214 g/mol. The van der Waals surface area contributed by atoms with Crippen LogP contribution < -0.4 is 5.32 Å². The van der Waals surface area contributed by atoms with Crippen LogP contribution >= 0.6 is 0 Å². The summed E-state index contributed by atoms with van der Waals surface area (Å²) in [5.74, 6) is -0.109. The van der Waals surface area contributed by atoms with Gasteiger partial charge in [-0.15, -0.1) is 0 Å². The number of hydrogen-bond donors (Lipinski definition) is 2. The molecule has 1 amide bonds. The highest BCUT2D eigenvalue weighted by molar-refractivity contribution is 5.87. The number of allylic oxidation sites excluding steroid dienone is 1. The summed E-state index contributed by atoms with van der Waals surface area (Å²) in [6.07, 6.45) is 13.5. The molecule has 3 heteroatoms. The van der Waals surface area contributed by atoms with E-state index in [4.69, 9.17) is 5.11 Å². The Morgan fingerprint density at radius 2 is 1.76 bits per heavy atom. The zero-order chi connectivity index (χ0) is 12.8. The van der Waals surface area contributed by atoms with Gasteiger partial charge in [-0.05, 0) is 18.9 Å². The first-order valence-corrected chi connectivity index (χ1v) is 6.86. The van der Waals surface area contributed by atoms with Crippen LogP contribution in [-0.2, 0) is 4.79 Å². The molecule has 0 spiro atoms. The largest absolute Gasteiger partial charge is 0.395 e. The Balaban J connectivity index is 3.21. The molecule has 3 nitrogen and oxygen atoms in total. The van der Waals surface area contributed by atoms with Gasteiger partial charge >= 0.3 is 0 Å². The molecule has 0 aliphatic carbocycles. The highest BCUT2D eigenvalue weighted by Gasteiger charge is 1.92. The minimum atomic E-state index is -0.109. The molecule has 0 atom stereocenters. The topological polar surface area (TPSA) is 49.3 Å².